The number of rotatable bonds is 5. The second-order valence-electron chi connectivity index (χ2n) is 7.44. The Morgan fingerprint density at radius 2 is 1.93 bits per heavy atom. The molecule has 0 radical (unpaired) electrons. The third-order valence-electron chi connectivity index (χ3n) is 5.59. The van der Waals surface area contributed by atoms with Crippen molar-refractivity contribution in [2.75, 3.05) is 6.54 Å². The summed E-state index contributed by atoms with van der Waals surface area (Å²) in [4.78, 5) is 24.0. The van der Waals surface area contributed by atoms with Gasteiger partial charge < -0.3 is 10.4 Å². The number of nitrogens with zero attached hydrogens (tertiary/aromatic N) is 1. The molecular weight excluding hydrogens is 368 g/mol. The molecule has 1 saturated heterocycles. The van der Waals surface area contributed by atoms with Gasteiger partial charge in [-0.05, 0) is 50.8 Å². The van der Waals surface area contributed by atoms with Gasteiger partial charge in [0.05, 0.1) is 10.8 Å². The minimum Gasteiger partial charge on any atom is -0.481 e. The van der Waals surface area contributed by atoms with Crippen molar-refractivity contribution in [3.8, 4) is 0 Å². The van der Waals surface area contributed by atoms with Crippen LogP contribution < -0.4 is 5.32 Å². The van der Waals surface area contributed by atoms with Gasteiger partial charge in [0.1, 0.15) is 0 Å². The van der Waals surface area contributed by atoms with Gasteiger partial charge in [0, 0.05) is 24.2 Å². The molecule has 3 rings (SSSR count). The number of hydrogen-bond donors (Lipinski definition) is 2. The van der Waals surface area contributed by atoms with Gasteiger partial charge in [-0.3, -0.25) is 9.59 Å². The lowest BCUT2D eigenvalue weighted by Gasteiger charge is -2.32. The van der Waals surface area contributed by atoms with Crippen LogP contribution in [0.4, 0.5) is 0 Å². The average Bonchev–Trinajstić information content (AvgIpc) is 3.10. The van der Waals surface area contributed by atoms with E-state index in [1.54, 1.807) is 12.1 Å². The smallest absolute Gasteiger partial charge is 0.308 e. The molecule has 0 spiro atoms. The van der Waals surface area contributed by atoms with Gasteiger partial charge in [-0.2, -0.15) is 4.31 Å². The van der Waals surface area contributed by atoms with Crippen molar-refractivity contribution >= 4 is 21.9 Å². The first-order valence-corrected chi connectivity index (χ1v) is 10.9. The van der Waals surface area contributed by atoms with Crippen molar-refractivity contribution in [2.45, 2.75) is 62.4 Å². The third kappa shape index (κ3) is 4.16. The molecule has 1 aliphatic carbocycles. The summed E-state index contributed by atoms with van der Waals surface area (Å²) in [6.07, 6.45) is 4.60. The first-order valence-electron chi connectivity index (χ1n) is 9.46. The molecule has 1 unspecified atom stereocenters. The lowest BCUT2D eigenvalue weighted by atomic mass is 10.0. The maximum Gasteiger partial charge on any atom is 0.308 e. The van der Waals surface area contributed by atoms with E-state index in [0.717, 1.165) is 25.7 Å². The fourth-order valence-electron chi connectivity index (χ4n) is 4.04. The summed E-state index contributed by atoms with van der Waals surface area (Å²) in [6.45, 7) is 2.39. The van der Waals surface area contributed by atoms with Gasteiger partial charge in [0.2, 0.25) is 10.0 Å². The van der Waals surface area contributed by atoms with Crippen LogP contribution in [0.5, 0.6) is 0 Å². The first kappa shape index (κ1) is 19.8. The van der Waals surface area contributed by atoms with E-state index in [1.807, 2.05) is 6.92 Å². The summed E-state index contributed by atoms with van der Waals surface area (Å²) in [6, 6.07) is 5.52. The highest BCUT2D eigenvalue weighted by molar-refractivity contribution is 7.89. The van der Waals surface area contributed by atoms with E-state index >= 15 is 0 Å². The molecule has 1 saturated carbocycles. The maximum atomic E-state index is 13.0. The highest BCUT2D eigenvalue weighted by Crippen LogP contribution is 2.27. The largest absolute Gasteiger partial charge is 0.481 e. The Morgan fingerprint density at radius 3 is 2.63 bits per heavy atom. The molecule has 1 aliphatic heterocycles. The highest BCUT2D eigenvalue weighted by atomic mass is 32.2. The number of carbonyl (C=O) groups is 2. The summed E-state index contributed by atoms with van der Waals surface area (Å²) in [5.74, 6) is -1.93. The number of benzene rings is 1. The summed E-state index contributed by atoms with van der Waals surface area (Å²) >= 11 is 0. The van der Waals surface area contributed by atoms with E-state index in [1.165, 1.54) is 16.4 Å². The van der Waals surface area contributed by atoms with Crippen molar-refractivity contribution in [1.29, 1.82) is 0 Å². The number of carbonyl (C=O) groups excluding carboxylic acids is 1. The van der Waals surface area contributed by atoms with E-state index in [9.17, 15) is 23.1 Å². The van der Waals surface area contributed by atoms with Crippen LogP contribution >= 0.6 is 0 Å². The van der Waals surface area contributed by atoms with Gasteiger partial charge in [-0.1, -0.05) is 18.9 Å². The van der Waals surface area contributed by atoms with E-state index < -0.39 is 33.9 Å². The van der Waals surface area contributed by atoms with Crippen LogP contribution in [0.25, 0.3) is 0 Å². The van der Waals surface area contributed by atoms with Gasteiger partial charge in [-0.25, -0.2) is 8.42 Å². The normalized spacial score (nSPS) is 26.6. The van der Waals surface area contributed by atoms with Crippen LogP contribution in [-0.4, -0.2) is 48.3 Å². The van der Waals surface area contributed by atoms with Crippen molar-refractivity contribution in [3.63, 3.8) is 0 Å². The lowest BCUT2D eigenvalue weighted by molar-refractivity contribution is -0.142. The first-order chi connectivity index (χ1) is 12.8. The Bertz CT molecular complexity index is 823. The molecule has 148 valence electrons. The fourth-order valence-corrected chi connectivity index (χ4v) is 5.79. The monoisotopic (exact) mass is 394 g/mol. The summed E-state index contributed by atoms with van der Waals surface area (Å²) in [7, 11) is -3.66. The summed E-state index contributed by atoms with van der Waals surface area (Å²) < 4.78 is 27.5. The molecular formula is C19H26N2O5S. The molecule has 3 atom stereocenters. The quantitative estimate of drug-likeness (QED) is 0.797. The second kappa shape index (κ2) is 7.98. The molecule has 7 nitrogen and oxygen atoms in total. The number of aliphatic carboxylic acids is 1. The highest BCUT2D eigenvalue weighted by Gasteiger charge is 2.35. The van der Waals surface area contributed by atoms with Gasteiger partial charge in [0.25, 0.3) is 5.91 Å². The van der Waals surface area contributed by atoms with Crippen molar-refractivity contribution < 1.29 is 23.1 Å². The van der Waals surface area contributed by atoms with Crippen LogP contribution in [0.15, 0.2) is 29.2 Å². The van der Waals surface area contributed by atoms with Crippen molar-refractivity contribution in [1.82, 2.24) is 9.62 Å². The Balaban J connectivity index is 1.78. The van der Waals surface area contributed by atoms with Crippen LogP contribution in [0.1, 0.15) is 55.8 Å². The average molecular weight is 394 g/mol. The number of amides is 1. The molecule has 2 fully saturated rings. The maximum absolute atomic E-state index is 13.0. The molecule has 2 N–H and O–H groups in total. The van der Waals surface area contributed by atoms with Gasteiger partial charge >= 0.3 is 5.97 Å². The van der Waals surface area contributed by atoms with Crippen molar-refractivity contribution in [2.24, 2.45) is 5.92 Å². The summed E-state index contributed by atoms with van der Waals surface area (Å²) in [5, 5.41) is 12.0. The molecule has 1 heterocycles. The predicted molar refractivity (Wildman–Crippen MR) is 99.9 cm³/mol. The zero-order valence-electron chi connectivity index (χ0n) is 15.4. The fraction of sp³-hybridized carbons (Fsp3) is 0.579. The minimum absolute atomic E-state index is 0.0592. The van der Waals surface area contributed by atoms with Gasteiger partial charge in [0.15, 0.2) is 0 Å². The number of sulfonamides is 1. The van der Waals surface area contributed by atoms with E-state index in [4.69, 9.17) is 0 Å². The number of piperidine rings is 1. The molecule has 27 heavy (non-hydrogen) atoms. The van der Waals surface area contributed by atoms with Crippen LogP contribution in [-0.2, 0) is 14.8 Å². The molecule has 2 aliphatic rings. The van der Waals surface area contributed by atoms with E-state index in [0.29, 0.717) is 19.4 Å². The molecule has 1 aromatic rings. The second-order valence-corrected chi connectivity index (χ2v) is 9.33. The minimum atomic E-state index is -3.66. The number of carboxylic acids is 1. The number of hydrogen-bond acceptors (Lipinski definition) is 4. The number of nitrogens with one attached hydrogen (secondary N) is 1. The van der Waals surface area contributed by atoms with Crippen molar-refractivity contribution in [3.05, 3.63) is 29.8 Å². The Hall–Kier alpha value is -1.93. The molecule has 1 aromatic carbocycles. The molecule has 8 heteroatoms. The molecule has 0 bridgehead atoms. The van der Waals surface area contributed by atoms with Gasteiger partial charge in [-0.15, -0.1) is 0 Å². The molecule has 0 aromatic heterocycles. The third-order valence-corrected chi connectivity index (χ3v) is 7.60. The SMILES string of the molecule is CC1CCCCN1S(=O)(=O)c1cccc(C(=O)N[C@@H]2CCC[C@@H]2C(=O)O)c1. The number of carboxylic acid groups (broad SMARTS) is 1. The van der Waals surface area contributed by atoms with E-state index in [2.05, 4.69) is 5.32 Å². The van der Waals surface area contributed by atoms with Crippen LogP contribution in [0.3, 0.4) is 0 Å². The Morgan fingerprint density at radius 1 is 1.15 bits per heavy atom. The zero-order chi connectivity index (χ0) is 19.6. The lowest BCUT2D eigenvalue weighted by Crippen LogP contribution is -2.42. The zero-order valence-corrected chi connectivity index (χ0v) is 16.2. The molecule has 1 amide bonds. The Labute approximate surface area is 159 Å². The topological polar surface area (TPSA) is 104 Å². The Kier molecular flexibility index (Phi) is 5.86. The van der Waals surface area contributed by atoms with Crippen LogP contribution in [0, 0.1) is 5.92 Å². The standard InChI is InChI=1S/C19H26N2O5S/c1-13-6-2-3-11-21(13)27(25,26)15-8-4-7-14(12-15)18(22)20-17-10-5-9-16(17)19(23)24/h4,7-8,12-13,16-17H,2-3,5-6,9-11H2,1H3,(H,20,22)(H,23,24)/t13?,16-,17+/m0/s1. The predicted octanol–water partition coefficient (Wildman–Crippen LogP) is 2.23. The van der Waals surface area contributed by atoms with Crippen LogP contribution in [0.2, 0.25) is 0 Å². The summed E-state index contributed by atoms with van der Waals surface area (Å²) in [5.41, 5.74) is 0.233. The van der Waals surface area contributed by atoms with E-state index in [-0.39, 0.29) is 16.5 Å².